The first-order valence-electron chi connectivity index (χ1n) is 6.58. The van der Waals surface area contributed by atoms with Crippen LogP contribution in [0.1, 0.15) is 17.6 Å². The lowest BCUT2D eigenvalue weighted by molar-refractivity contribution is -0.127. The number of rotatable bonds is 6. The molecule has 2 rings (SSSR count). The Labute approximate surface area is 127 Å². The summed E-state index contributed by atoms with van der Waals surface area (Å²) in [5.74, 6) is 1.21. The molecule has 5 nitrogen and oxygen atoms in total. The minimum Gasteiger partial charge on any atom is -0.497 e. The van der Waals surface area contributed by atoms with Gasteiger partial charge in [-0.15, -0.1) is 11.3 Å². The first-order valence-corrected chi connectivity index (χ1v) is 7.46. The molecule has 1 aromatic carbocycles. The molecule has 1 N–H and O–H groups in total. The zero-order valence-electron chi connectivity index (χ0n) is 12.3. The molecule has 1 amide bonds. The standard InChI is InChI=1S/C15H18N2O3S/c1-10-9-21-14(17-10)8-16-15(18)11(2)20-13-6-4-12(19-3)5-7-13/h4-7,9,11H,8H2,1-3H3,(H,16,18)/t11-/m0/s1. The second-order valence-corrected chi connectivity index (χ2v) is 5.48. The predicted molar refractivity (Wildman–Crippen MR) is 81.8 cm³/mol. The number of amides is 1. The van der Waals surface area contributed by atoms with Crippen molar-refractivity contribution in [1.82, 2.24) is 10.3 Å². The Morgan fingerprint density at radius 1 is 1.33 bits per heavy atom. The van der Waals surface area contributed by atoms with E-state index in [1.165, 1.54) is 11.3 Å². The third-order valence-corrected chi connectivity index (χ3v) is 3.79. The van der Waals surface area contributed by atoms with Crippen molar-refractivity contribution in [2.24, 2.45) is 0 Å². The average Bonchev–Trinajstić information content (AvgIpc) is 2.91. The molecule has 0 saturated carbocycles. The Kier molecular flexibility index (Phi) is 5.16. The molecule has 0 aliphatic carbocycles. The van der Waals surface area contributed by atoms with E-state index in [2.05, 4.69) is 10.3 Å². The van der Waals surface area contributed by atoms with Gasteiger partial charge in [-0.1, -0.05) is 0 Å². The van der Waals surface area contributed by atoms with Gasteiger partial charge in [0.15, 0.2) is 6.10 Å². The first kappa shape index (κ1) is 15.3. The second-order valence-electron chi connectivity index (χ2n) is 4.54. The maximum atomic E-state index is 12.0. The lowest BCUT2D eigenvalue weighted by Gasteiger charge is -2.14. The first-order chi connectivity index (χ1) is 10.1. The number of aryl methyl sites for hydroxylation is 1. The molecule has 1 heterocycles. The molecular formula is C15H18N2O3S. The number of carbonyl (C=O) groups is 1. The Balaban J connectivity index is 1.83. The summed E-state index contributed by atoms with van der Waals surface area (Å²) in [7, 11) is 1.60. The minimum atomic E-state index is -0.570. The summed E-state index contributed by atoms with van der Waals surface area (Å²) in [6.07, 6.45) is -0.570. The van der Waals surface area contributed by atoms with Crippen LogP contribution in [-0.4, -0.2) is 24.1 Å². The summed E-state index contributed by atoms with van der Waals surface area (Å²) >= 11 is 1.53. The maximum absolute atomic E-state index is 12.0. The third kappa shape index (κ3) is 4.46. The molecule has 6 heteroatoms. The molecule has 2 aromatic rings. The van der Waals surface area contributed by atoms with Crippen molar-refractivity contribution < 1.29 is 14.3 Å². The van der Waals surface area contributed by atoms with Crippen molar-refractivity contribution in [1.29, 1.82) is 0 Å². The second kappa shape index (κ2) is 7.08. The number of ether oxygens (including phenoxy) is 2. The Morgan fingerprint density at radius 3 is 2.57 bits per heavy atom. The Hall–Kier alpha value is -2.08. The number of aromatic nitrogens is 1. The molecule has 0 aliphatic heterocycles. The summed E-state index contributed by atoms with van der Waals surface area (Å²) in [6.45, 7) is 4.07. The fraction of sp³-hybridized carbons (Fsp3) is 0.333. The minimum absolute atomic E-state index is 0.168. The van der Waals surface area contributed by atoms with Gasteiger partial charge in [0.25, 0.3) is 5.91 Å². The highest BCUT2D eigenvalue weighted by Gasteiger charge is 2.14. The number of thiazole rings is 1. The molecule has 1 aromatic heterocycles. The summed E-state index contributed by atoms with van der Waals surface area (Å²) in [6, 6.07) is 7.12. The molecule has 21 heavy (non-hydrogen) atoms. The van der Waals surface area contributed by atoms with Crippen LogP contribution in [-0.2, 0) is 11.3 Å². The largest absolute Gasteiger partial charge is 0.497 e. The van der Waals surface area contributed by atoms with Gasteiger partial charge >= 0.3 is 0 Å². The van der Waals surface area contributed by atoms with E-state index in [0.29, 0.717) is 12.3 Å². The summed E-state index contributed by atoms with van der Waals surface area (Å²) < 4.78 is 10.7. The van der Waals surface area contributed by atoms with E-state index in [-0.39, 0.29) is 5.91 Å². The van der Waals surface area contributed by atoms with Crippen molar-refractivity contribution in [3.63, 3.8) is 0 Å². The SMILES string of the molecule is COc1ccc(O[C@@H](C)C(=O)NCc2nc(C)cs2)cc1. The van der Waals surface area contributed by atoms with Crippen molar-refractivity contribution in [3.8, 4) is 11.5 Å². The highest BCUT2D eigenvalue weighted by Crippen LogP contribution is 2.18. The maximum Gasteiger partial charge on any atom is 0.261 e. The van der Waals surface area contributed by atoms with Crippen LogP contribution in [0, 0.1) is 6.92 Å². The van der Waals surface area contributed by atoms with E-state index in [0.717, 1.165) is 16.5 Å². The molecular weight excluding hydrogens is 288 g/mol. The van der Waals surface area contributed by atoms with Crippen LogP contribution in [0.4, 0.5) is 0 Å². The molecule has 112 valence electrons. The van der Waals surface area contributed by atoms with Crippen LogP contribution in [0.5, 0.6) is 11.5 Å². The van der Waals surface area contributed by atoms with Gasteiger partial charge in [-0.25, -0.2) is 4.98 Å². The van der Waals surface area contributed by atoms with Gasteiger partial charge in [0.05, 0.1) is 13.7 Å². The van der Waals surface area contributed by atoms with Gasteiger partial charge in [0, 0.05) is 11.1 Å². The van der Waals surface area contributed by atoms with Crippen LogP contribution in [0.25, 0.3) is 0 Å². The number of nitrogens with one attached hydrogen (secondary N) is 1. The van der Waals surface area contributed by atoms with E-state index >= 15 is 0 Å². The van der Waals surface area contributed by atoms with Gasteiger partial charge < -0.3 is 14.8 Å². The van der Waals surface area contributed by atoms with Crippen molar-refractivity contribution in [3.05, 3.63) is 40.3 Å². The van der Waals surface area contributed by atoms with Crippen LogP contribution < -0.4 is 14.8 Å². The van der Waals surface area contributed by atoms with Gasteiger partial charge in [-0.3, -0.25) is 4.79 Å². The lowest BCUT2D eigenvalue weighted by atomic mass is 10.3. The van der Waals surface area contributed by atoms with Gasteiger partial charge in [-0.2, -0.15) is 0 Å². The number of hydrogen-bond acceptors (Lipinski definition) is 5. The smallest absolute Gasteiger partial charge is 0.261 e. The normalized spacial score (nSPS) is 11.8. The fourth-order valence-corrected chi connectivity index (χ4v) is 2.41. The molecule has 0 bridgehead atoms. The van der Waals surface area contributed by atoms with Crippen LogP contribution in [0.3, 0.4) is 0 Å². The molecule has 1 atom stereocenters. The van der Waals surface area contributed by atoms with Gasteiger partial charge in [-0.05, 0) is 38.1 Å². The van der Waals surface area contributed by atoms with E-state index in [1.807, 2.05) is 12.3 Å². The van der Waals surface area contributed by atoms with Gasteiger partial charge in [0.2, 0.25) is 0 Å². The monoisotopic (exact) mass is 306 g/mol. The Morgan fingerprint density at radius 2 is 2.00 bits per heavy atom. The average molecular weight is 306 g/mol. The quantitative estimate of drug-likeness (QED) is 0.891. The zero-order valence-corrected chi connectivity index (χ0v) is 13.1. The molecule has 0 spiro atoms. The highest BCUT2D eigenvalue weighted by atomic mass is 32.1. The molecule has 0 saturated heterocycles. The third-order valence-electron chi connectivity index (χ3n) is 2.82. The number of methoxy groups -OCH3 is 1. The molecule has 0 fully saturated rings. The number of hydrogen-bond donors (Lipinski definition) is 1. The topological polar surface area (TPSA) is 60.5 Å². The van der Waals surface area contributed by atoms with E-state index < -0.39 is 6.10 Å². The lowest BCUT2D eigenvalue weighted by Crippen LogP contribution is -2.35. The van der Waals surface area contributed by atoms with Crippen molar-refractivity contribution >= 4 is 17.2 Å². The van der Waals surface area contributed by atoms with E-state index in [9.17, 15) is 4.79 Å². The van der Waals surface area contributed by atoms with E-state index in [1.54, 1.807) is 38.3 Å². The fourth-order valence-electron chi connectivity index (χ4n) is 1.70. The summed E-state index contributed by atoms with van der Waals surface area (Å²) in [5, 5.41) is 5.66. The van der Waals surface area contributed by atoms with Crippen LogP contribution >= 0.6 is 11.3 Å². The van der Waals surface area contributed by atoms with Crippen LogP contribution in [0.15, 0.2) is 29.6 Å². The zero-order chi connectivity index (χ0) is 15.2. The van der Waals surface area contributed by atoms with E-state index in [4.69, 9.17) is 9.47 Å². The summed E-state index contributed by atoms with van der Waals surface area (Å²) in [5.41, 5.74) is 0.965. The Bertz CT molecular complexity index is 595. The molecule has 0 unspecified atom stereocenters. The highest BCUT2D eigenvalue weighted by molar-refractivity contribution is 7.09. The van der Waals surface area contributed by atoms with Gasteiger partial charge in [0.1, 0.15) is 16.5 Å². The predicted octanol–water partition coefficient (Wildman–Crippen LogP) is 2.54. The van der Waals surface area contributed by atoms with Crippen molar-refractivity contribution in [2.45, 2.75) is 26.5 Å². The molecule has 0 aliphatic rings. The number of carbonyl (C=O) groups excluding carboxylic acids is 1. The van der Waals surface area contributed by atoms with Crippen LogP contribution in [0.2, 0.25) is 0 Å². The number of benzene rings is 1. The summed E-state index contributed by atoms with van der Waals surface area (Å²) in [4.78, 5) is 16.3. The van der Waals surface area contributed by atoms with Crippen molar-refractivity contribution in [2.75, 3.05) is 7.11 Å². The molecule has 0 radical (unpaired) electrons. The number of nitrogens with zero attached hydrogens (tertiary/aromatic N) is 1.